The number of benzene rings is 3. The summed E-state index contributed by atoms with van der Waals surface area (Å²) in [7, 11) is -3.90. The zero-order valence-corrected chi connectivity index (χ0v) is 22.5. The van der Waals surface area contributed by atoms with Gasteiger partial charge < -0.3 is 10.2 Å². The Balaban J connectivity index is 1.10. The average Bonchev–Trinajstić information content (AvgIpc) is 3.32. The van der Waals surface area contributed by atoms with Gasteiger partial charge in [-0.05, 0) is 67.1 Å². The number of anilines is 2. The van der Waals surface area contributed by atoms with E-state index in [1.54, 1.807) is 29.5 Å². The zero-order valence-electron chi connectivity index (χ0n) is 20.9. The van der Waals surface area contributed by atoms with Crippen LogP contribution >= 0.6 is 11.3 Å². The Morgan fingerprint density at radius 2 is 1.79 bits per heavy atom. The van der Waals surface area contributed by atoms with Crippen LogP contribution in [0.5, 0.6) is 0 Å². The zero-order chi connectivity index (χ0) is 26.7. The van der Waals surface area contributed by atoms with Gasteiger partial charge >= 0.3 is 0 Å². The van der Waals surface area contributed by atoms with Crippen molar-refractivity contribution in [3.8, 4) is 0 Å². The molecule has 0 bridgehead atoms. The van der Waals surface area contributed by atoms with Crippen molar-refractivity contribution in [2.75, 3.05) is 48.9 Å². The van der Waals surface area contributed by atoms with E-state index in [0.29, 0.717) is 12.1 Å². The summed E-state index contributed by atoms with van der Waals surface area (Å²) in [5, 5.41) is 3.97. The number of carbonyl (C=O) groups excluding carboxylic acids is 1. The van der Waals surface area contributed by atoms with Crippen molar-refractivity contribution in [1.82, 2.24) is 15.2 Å². The summed E-state index contributed by atoms with van der Waals surface area (Å²) in [6.45, 7) is 6.80. The Kier molecular flexibility index (Phi) is 7.59. The molecular weight excluding hydrogens is 525 g/mol. The van der Waals surface area contributed by atoms with E-state index < -0.39 is 15.8 Å². The van der Waals surface area contributed by atoms with E-state index in [9.17, 15) is 17.6 Å². The molecule has 5 rings (SSSR count). The van der Waals surface area contributed by atoms with Gasteiger partial charge in [0.05, 0.1) is 15.1 Å². The van der Waals surface area contributed by atoms with E-state index in [4.69, 9.17) is 4.98 Å². The summed E-state index contributed by atoms with van der Waals surface area (Å²) in [5.74, 6) is -0.802. The number of hydrogen-bond acceptors (Lipinski definition) is 7. The fraction of sp³-hybridized carbons (Fsp3) is 0.259. The molecule has 2 heterocycles. The minimum Gasteiger partial charge on any atom is -0.351 e. The first-order chi connectivity index (χ1) is 18.3. The predicted octanol–water partition coefficient (Wildman–Crippen LogP) is 4.10. The number of nitrogens with zero attached hydrogens (tertiary/aromatic N) is 3. The molecule has 38 heavy (non-hydrogen) atoms. The van der Waals surface area contributed by atoms with Gasteiger partial charge in [-0.25, -0.2) is 17.8 Å². The lowest BCUT2D eigenvalue weighted by Gasteiger charge is -2.34. The number of piperazine rings is 1. The first kappa shape index (κ1) is 26.1. The molecule has 0 aliphatic carbocycles. The quantitative estimate of drug-likeness (QED) is 0.341. The summed E-state index contributed by atoms with van der Waals surface area (Å²) in [6, 6.07) is 17.1. The summed E-state index contributed by atoms with van der Waals surface area (Å²) in [5.41, 5.74) is 2.87. The molecule has 1 aliphatic heterocycles. The molecule has 198 valence electrons. The number of nitrogens with one attached hydrogen (secondary N) is 2. The SMILES string of the molecule is Cc1ccc2nc(N3CCN(CCNC(=O)c4cccc(NS(=O)(=O)c5ccc(F)cc5)c4)CC3)sc2c1. The summed E-state index contributed by atoms with van der Waals surface area (Å²) in [6.07, 6.45) is 0. The first-order valence-corrected chi connectivity index (χ1v) is 14.6. The Labute approximate surface area is 225 Å². The number of amides is 1. The van der Waals surface area contributed by atoms with Crippen LogP contribution in [0.4, 0.5) is 15.2 Å². The molecule has 0 radical (unpaired) electrons. The highest BCUT2D eigenvalue weighted by Gasteiger charge is 2.20. The van der Waals surface area contributed by atoms with E-state index in [2.05, 4.69) is 45.0 Å². The first-order valence-electron chi connectivity index (χ1n) is 12.3. The number of thiazole rings is 1. The number of rotatable bonds is 8. The Morgan fingerprint density at radius 1 is 1.03 bits per heavy atom. The van der Waals surface area contributed by atoms with E-state index in [1.807, 2.05) is 0 Å². The van der Waals surface area contributed by atoms with Crippen LogP contribution in [0.15, 0.2) is 71.6 Å². The summed E-state index contributed by atoms with van der Waals surface area (Å²) in [4.78, 5) is 22.0. The monoisotopic (exact) mass is 553 g/mol. The maximum atomic E-state index is 13.1. The lowest BCUT2D eigenvalue weighted by Crippen LogP contribution is -2.48. The molecule has 1 saturated heterocycles. The normalized spacial score (nSPS) is 14.5. The van der Waals surface area contributed by atoms with E-state index in [0.717, 1.165) is 55.5 Å². The van der Waals surface area contributed by atoms with Crippen LogP contribution in [-0.2, 0) is 10.0 Å². The van der Waals surface area contributed by atoms with Crippen LogP contribution in [0.25, 0.3) is 10.2 Å². The van der Waals surface area contributed by atoms with Gasteiger partial charge in [-0.1, -0.05) is 23.5 Å². The smallest absolute Gasteiger partial charge is 0.261 e. The highest BCUT2D eigenvalue weighted by atomic mass is 32.2. The molecule has 2 N–H and O–H groups in total. The maximum absolute atomic E-state index is 13.1. The van der Waals surface area contributed by atoms with Crippen molar-refractivity contribution in [2.45, 2.75) is 11.8 Å². The van der Waals surface area contributed by atoms with Crippen molar-refractivity contribution >= 4 is 48.3 Å². The molecule has 0 spiro atoms. The van der Waals surface area contributed by atoms with Crippen LogP contribution in [0.1, 0.15) is 15.9 Å². The fourth-order valence-corrected chi connectivity index (χ4v) is 6.46. The van der Waals surface area contributed by atoms with E-state index in [1.165, 1.54) is 28.5 Å². The van der Waals surface area contributed by atoms with E-state index >= 15 is 0 Å². The Bertz CT molecular complexity index is 1550. The number of aryl methyl sites for hydroxylation is 1. The third-order valence-corrected chi connectivity index (χ3v) is 8.87. The summed E-state index contributed by atoms with van der Waals surface area (Å²) < 4.78 is 41.9. The van der Waals surface area contributed by atoms with Crippen LogP contribution < -0.4 is 14.9 Å². The number of halogens is 1. The lowest BCUT2D eigenvalue weighted by atomic mass is 10.2. The highest BCUT2D eigenvalue weighted by Crippen LogP contribution is 2.30. The van der Waals surface area contributed by atoms with Crippen LogP contribution in [0, 0.1) is 12.7 Å². The van der Waals surface area contributed by atoms with Crippen molar-refractivity contribution in [2.24, 2.45) is 0 Å². The number of carbonyl (C=O) groups is 1. The Hall–Kier alpha value is -3.54. The fourth-order valence-electron chi connectivity index (χ4n) is 4.30. The average molecular weight is 554 g/mol. The minimum absolute atomic E-state index is 0.0629. The lowest BCUT2D eigenvalue weighted by molar-refractivity contribution is 0.0948. The third-order valence-electron chi connectivity index (χ3n) is 6.39. The van der Waals surface area contributed by atoms with Gasteiger partial charge in [0.25, 0.3) is 15.9 Å². The number of hydrogen-bond donors (Lipinski definition) is 2. The minimum atomic E-state index is -3.90. The molecule has 0 atom stereocenters. The molecule has 0 saturated carbocycles. The highest BCUT2D eigenvalue weighted by molar-refractivity contribution is 7.92. The van der Waals surface area contributed by atoms with Gasteiger partial charge in [-0.15, -0.1) is 0 Å². The molecule has 0 unspecified atom stereocenters. The van der Waals surface area contributed by atoms with E-state index in [-0.39, 0.29) is 16.5 Å². The van der Waals surface area contributed by atoms with Crippen molar-refractivity contribution in [3.05, 3.63) is 83.7 Å². The molecule has 3 aromatic carbocycles. The van der Waals surface area contributed by atoms with Gasteiger partial charge in [0.1, 0.15) is 5.82 Å². The standard InChI is InChI=1S/C27H28FN5O3S2/c1-19-5-10-24-25(17-19)37-27(30-24)33-15-13-32(14-16-33)12-11-29-26(34)20-3-2-4-22(18-20)31-38(35,36)23-8-6-21(28)7-9-23/h2-10,17-18,31H,11-16H2,1H3,(H,29,34). The van der Waals surface area contributed by atoms with Crippen molar-refractivity contribution < 1.29 is 17.6 Å². The maximum Gasteiger partial charge on any atom is 0.261 e. The molecule has 1 fully saturated rings. The number of fused-ring (bicyclic) bond motifs is 1. The summed E-state index contributed by atoms with van der Waals surface area (Å²) >= 11 is 1.72. The van der Waals surface area contributed by atoms with Crippen molar-refractivity contribution in [3.63, 3.8) is 0 Å². The molecule has 1 amide bonds. The van der Waals surface area contributed by atoms with Crippen LogP contribution in [0.3, 0.4) is 0 Å². The molecule has 1 aliphatic rings. The topological polar surface area (TPSA) is 94.6 Å². The molecule has 8 nitrogen and oxygen atoms in total. The number of aromatic nitrogens is 1. The predicted molar refractivity (Wildman–Crippen MR) is 149 cm³/mol. The van der Waals surface area contributed by atoms with Crippen LogP contribution in [-0.4, -0.2) is 63.5 Å². The van der Waals surface area contributed by atoms with Crippen molar-refractivity contribution in [1.29, 1.82) is 0 Å². The van der Waals surface area contributed by atoms with Gasteiger partial charge in [0.2, 0.25) is 0 Å². The van der Waals surface area contributed by atoms with Crippen LogP contribution in [0.2, 0.25) is 0 Å². The molecule has 11 heteroatoms. The second kappa shape index (κ2) is 11.1. The third kappa shape index (κ3) is 6.12. The molecule has 4 aromatic rings. The van der Waals surface area contributed by atoms with Gasteiger partial charge in [0, 0.05) is 50.5 Å². The van der Waals surface area contributed by atoms with Gasteiger partial charge in [0.15, 0.2) is 5.13 Å². The van der Waals surface area contributed by atoms with Gasteiger partial charge in [-0.2, -0.15) is 0 Å². The number of sulfonamides is 1. The Morgan fingerprint density at radius 3 is 2.55 bits per heavy atom. The molecule has 1 aromatic heterocycles. The van der Waals surface area contributed by atoms with Gasteiger partial charge in [-0.3, -0.25) is 14.4 Å². The largest absolute Gasteiger partial charge is 0.351 e. The second-order valence-electron chi connectivity index (χ2n) is 9.19. The molecular formula is C27H28FN5O3S2. The second-order valence-corrected chi connectivity index (χ2v) is 11.9.